The van der Waals surface area contributed by atoms with Crippen molar-refractivity contribution >= 4 is 0 Å². The molecular weight excluding hydrogens is 357 g/mol. The molecular formula is C11H22NOPt. The Morgan fingerprint density at radius 2 is 2.00 bits per heavy atom. The molecule has 2 atom stereocenters. The molecule has 3 heteroatoms. The zero-order chi connectivity index (χ0) is 10.8. The molecule has 0 heterocycles. The predicted molar refractivity (Wildman–Crippen MR) is 53.6 cm³/mol. The molecule has 0 bridgehead atoms. The summed E-state index contributed by atoms with van der Waals surface area (Å²) in [6.45, 7) is 9.30. The van der Waals surface area contributed by atoms with Crippen LogP contribution in [0.4, 0.5) is 0 Å². The Hall–Kier alpha value is 0.448. The van der Waals surface area contributed by atoms with Gasteiger partial charge in [-0.05, 0) is 0 Å². The number of hydrogen-bond acceptors (Lipinski definition) is 1. The van der Waals surface area contributed by atoms with Crippen molar-refractivity contribution in [3.8, 4) is 0 Å². The molecule has 0 radical (unpaired) electrons. The summed E-state index contributed by atoms with van der Waals surface area (Å²) in [7, 11) is 0. The maximum absolute atomic E-state index is 10.7. The molecule has 1 saturated carbocycles. The molecule has 1 N–H and O–H groups in total. The summed E-state index contributed by atoms with van der Waals surface area (Å²) < 4.78 is 13.9. The van der Waals surface area contributed by atoms with Crippen molar-refractivity contribution in [1.82, 2.24) is 3.88 Å². The Kier molecular flexibility index (Phi) is 4.05. The Morgan fingerprint density at radius 1 is 1.36 bits per heavy atom. The molecule has 2 unspecified atom stereocenters. The van der Waals surface area contributed by atoms with E-state index < -0.39 is 18.8 Å². The van der Waals surface area contributed by atoms with Gasteiger partial charge in [-0.25, -0.2) is 0 Å². The van der Waals surface area contributed by atoms with E-state index in [-0.39, 0.29) is 0 Å². The molecule has 0 amide bonds. The van der Waals surface area contributed by atoms with E-state index >= 15 is 0 Å². The van der Waals surface area contributed by atoms with E-state index in [1.54, 1.807) is 0 Å². The van der Waals surface area contributed by atoms with E-state index in [1.165, 1.54) is 25.7 Å². The van der Waals surface area contributed by atoms with Gasteiger partial charge < -0.3 is 0 Å². The van der Waals surface area contributed by atoms with Crippen molar-refractivity contribution < 1.29 is 22.2 Å². The van der Waals surface area contributed by atoms with Gasteiger partial charge in [-0.3, -0.25) is 0 Å². The van der Waals surface area contributed by atoms with Crippen LogP contribution >= 0.6 is 0 Å². The molecule has 0 saturated heterocycles. The van der Waals surface area contributed by atoms with Gasteiger partial charge in [-0.2, -0.15) is 0 Å². The summed E-state index contributed by atoms with van der Waals surface area (Å²) in [5.74, 6) is 0. The Morgan fingerprint density at radius 3 is 2.50 bits per heavy atom. The van der Waals surface area contributed by atoms with E-state index in [9.17, 15) is 3.40 Å². The normalized spacial score (nSPS) is 37.3. The first-order chi connectivity index (χ1) is 6.41. The topological polar surface area (TPSA) is 29.1 Å². The molecule has 1 fully saturated rings. The monoisotopic (exact) mass is 379 g/mol. The fourth-order valence-electron chi connectivity index (χ4n) is 3.02. The van der Waals surface area contributed by atoms with Crippen LogP contribution in [0.1, 0.15) is 53.4 Å². The van der Waals surface area contributed by atoms with Crippen LogP contribution in [-0.4, -0.2) is 6.04 Å². The summed E-state index contributed by atoms with van der Waals surface area (Å²) in [4.78, 5) is 0. The SMILES string of the molecule is CCC1(C)CC([NH][Pt]=[O])CC(C)(C)C1. The van der Waals surface area contributed by atoms with Crippen molar-refractivity contribution in [3.63, 3.8) is 0 Å². The molecule has 0 aromatic heterocycles. The van der Waals surface area contributed by atoms with Crippen LogP contribution in [0.2, 0.25) is 0 Å². The third kappa shape index (κ3) is 3.24. The third-order valence-electron chi connectivity index (χ3n) is 3.46. The van der Waals surface area contributed by atoms with E-state index in [0.29, 0.717) is 16.9 Å². The van der Waals surface area contributed by atoms with Crippen LogP contribution in [0.5, 0.6) is 0 Å². The van der Waals surface area contributed by atoms with Crippen LogP contribution in [0.3, 0.4) is 0 Å². The van der Waals surface area contributed by atoms with Gasteiger partial charge in [0.05, 0.1) is 0 Å². The second kappa shape index (κ2) is 4.53. The number of rotatable bonds is 3. The quantitative estimate of drug-likeness (QED) is 0.817. The van der Waals surface area contributed by atoms with Gasteiger partial charge in [0.1, 0.15) is 0 Å². The third-order valence-corrected chi connectivity index (χ3v) is 4.66. The maximum atomic E-state index is 10.7. The molecule has 0 aliphatic heterocycles. The van der Waals surface area contributed by atoms with E-state index in [1.807, 2.05) is 0 Å². The van der Waals surface area contributed by atoms with Crippen molar-refractivity contribution in [1.29, 1.82) is 0 Å². The van der Waals surface area contributed by atoms with Gasteiger partial charge in [0, 0.05) is 0 Å². The standard InChI is InChI=1S/C11H22N.O.Pt/c1-5-11(4)7-9(12)6-10(2,3)8-11;;/h9,12H,5-8H2,1-4H3;;/q-1;;+1. The summed E-state index contributed by atoms with van der Waals surface area (Å²) >= 11 is -1.02. The fourth-order valence-corrected chi connectivity index (χ4v) is 3.86. The van der Waals surface area contributed by atoms with Crippen molar-refractivity contribution in [2.45, 2.75) is 59.4 Å². The van der Waals surface area contributed by atoms with Crippen LogP contribution in [-0.2, 0) is 22.2 Å². The predicted octanol–water partition coefficient (Wildman–Crippen LogP) is 2.91. The zero-order valence-electron chi connectivity index (χ0n) is 9.63. The summed E-state index contributed by atoms with van der Waals surface area (Å²) in [5, 5.41) is 0. The van der Waals surface area contributed by atoms with Crippen LogP contribution in [0.15, 0.2) is 0 Å². The van der Waals surface area contributed by atoms with Crippen LogP contribution in [0, 0.1) is 10.8 Å². The first-order valence-corrected chi connectivity index (χ1v) is 7.43. The minimum atomic E-state index is -1.02. The molecule has 0 aromatic carbocycles. The summed E-state index contributed by atoms with van der Waals surface area (Å²) in [6.07, 6.45) is 4.89. The first-order valence-electron chi connectivity index (χ1n) is 5.37. The molecule has 0 aromatic rings. The second-order valence-corrected chi connectivity index (χ2v) is 6.89. The van der Waals surface area contributed by atoms with Crippen molar-refractivity contribution in [3.05, 3.63) is 0 Å². The van der Waals surface area contributed by atoms with E-state index in [0.717, 1.165) is 0 Å². The number of hydrogen-bond donors (Lipinski definition) is 1. The van der Waals surface area contributed by atoms with Gasteiger partial charge in [0.15, 0.2) is 0 Å². The molecule has 1 aliphatic rings. The molecule has 2 nitrogen and oxygen atoms in total. The van der Waals surface area contributed by atoms with Crippen LogP contribution < -0.4 is 3.88 Å². The van der Waals surface area contributed by atoms with Gasteiger partial charge in [-0.15, -0.1) is 0 Å². The average Bonchev–Trinajstić information content (AvgIpc) is 2.01. The second-order valence-electron chi connectivity index (χ2n) is 5.77. The Bertz CT molecular complexity index is 217. The van der Waals surface area contributed by atoms with Crippen LogP contribution in [0.25, 0.3) is 0 Å². The van der Waals surface area contributed by atoms with Gasteiger partial charge in [0.2, 0.25) is 0 Å². The zero-order valence-corrected chi connectivity index (χ0v) is 11.9. The van der Waals surface area contributed by atoms with Gasteiger partial charge >= 0.3 is 96.3 Å². The minimum absolute atomic E-state index is 0.403. The summed E-state index contributed by atoms with van der Waals surface area (Å²) in [6, 6.07) is 0.481. The molecule has 14 heavy (non-hydrogen) atoms. The number of nitrogens with one attached hydrogen (secondary N) is 1. The van der Waals surface area contributed by atoms with E-state index in [4.69, 9.17) is 0 Å². The van der Waals surface area contributed by atoms with Gasteiger partial charge in [0.25, 0.3) is 0 Å². The van der Waals surface area contributed by atoms with Crippen molar-refractivity contribution in [2.24, 2.45) is 10.8 Å². The Labute approximate surface area is 96.4 Å². The average molecular weight is 379 g/mol. The molecule has 87 valence electrons. The fraction of sp³-hybridized carbons (Fsp3) is 1.00. The van der Waals surface area contributed by atoms with Gasteiger partial charge in [-0.1, -0.05) is 0 Å². The molecule has 1 rings (SSSR count). The molecule has 0 spiro atoms. The van der Waals surface area contributed by atoms with E-state index in [2.05, 4.69) is 31.6 Å². The van der Waals surface area contributed by atoms with Crippen molar-refractivity contribution in [2.75, 3.05) is 0 Å². The summed E-state index contributed by atoms with van der Waals surface area (Å²) in [5.41, 5.74) is 0.846. The first kappa shape index (κ1) is 12.5. The molecule has 1 aliphatic carbocycles. The Balaban J connectivity index is 2.71.